The molecule has 3 aromatic rings. The summed E-state index contributed by atoms with van der Waals surface area (Å²) in [6.07, 6.45) is 2.02. The van der Waals surface area contributed by atoms with Crippen molar-refractivity contribution in [3.8, 4) is 5.75 Å². The van der Waals surface area contributed by atoms with Crippen LogP contribution in [0.3, 0.4) is 0 Å². The Balaban J connectivity index is 1.86. The van der Waals surface area contributed by atoms with E-state index in [1.54, 1.807) is 0 Å². The zero-order valence-electron chi connectivity index (χ0n) is 15.7. The number of aromatic amines is 1. The normalized spacial score (nSPS) is 12.2. The number of nitrogens with two attached hydrogens (primary N) is 1. The van der Waals surface area contributed by atoms with Crippen LogP contribution in [-0.4, -0.2) is 47.3 Å². The number of benzene rings is 1. The summed E-state index contributed by atoms with van der Waals surface area (Å²) < 4.78 is 0. The second-order valence-electron chi connectivity index (χ2n) is 6.75. The summed E-state index contributed by atoms with van der Waals surface area (Å²) in [7, 11) is 0. The molecule has 0 spiro atoms. The van der Waals surface area contributed by atoms with Gasteiger partial charge in [-0.3, -0.25) is 4.79 Å². The molecule has 10 nitrogen and oxygen atoms in total. The molecule has 0 aliphatic heterocycles. The molecule has 6 N–H and O–H groups in total. The molecule has 1 atom stereocenters. The molecule has 0 bridgehead atoms. The highest BCUT2D eigenvalue weighted by atomic mass is 32.2. The first-order valence-corrected chi connectivity index (χ1v) is 9.63. The van der Waals surface area contributed by atoms with Gasteiger partial charge in [-0.2, -0.15) is 4.98 Å². The smallest absolute Gasteiger partial charge is 0.339 e. The van der Waals surface area contributed by atoms with Crippen molar-refractivity contribution < 1.29 is 19.8 Å². The molecule has 2 heterocycles. The first kappa shape index (κ1) is 20.4. The molecular weight excluding hydrogens is 396 g/mol. The summed E-state index contributed by atoms with van der Waals surface area (Å²) in [5, 5.41) is 21.5. The van der Waals surface area contributed by atoms with Crippen LogP contribution in [0.15, 0.2) is 29.6 Å². The fourth-order valence-corrected chi connectivity index (χ4v) is 4.02. The first-order valence-electron chi connectivity index (χ1n) is 8.75. The molecule has 152 valence electrons. The van der Waals surface area contributed by atoms with Crippen LogP contribution in [0.25, 0.3) is 11.2 Å². The Labute approximate surface area is 170 Å². The highest BCUT2D eigenvalue weighted by molar-refractivity contribution is 8.00. The van der Waals surface area contributed by atoms with Crippen LogP contribution in [0.2, 0.25) is 0 Å². The SMILES string of the molecule is CC(C)C[C@@H](Sc1nc(N)nc2nc[nH]c12)C(=O)Nc1ccc(O)c(C(=O)O)c1. The number of aromatic hydroxyl groups is 1. The number of thioether (sulfide) groups is 1. The number of anilines is 2. The Morgan fingerprint density at radius 2 is 2.07 bits per heavy atom. The van der Waals surface area contributed by atoms with Gasteiger partial charge in [0.25, 0.3) is 0 Å². The number of nitrogens with one attached hydrogen (secondary N) is 2. The first-order chi connectivity index (χ1) is 13.7. The lowest BCUT2D eigenvalue weighted by molar-refractivity contribution is -0.116. The number of amides is 1. The molecule has 0 aliphatic rings. The lowest BCUT2D eigenvalue weighted by Gasteiger charge is -2.18. The van der Waals surface area contributed by atoms with E-state index < -0.39 is 11.2 Å². The highest BCUT2D eigenvalue weighted by Crippen LogP contribution is 2.32. The maximum Gasteiger partial charge on any atom is 0.339 e. The molecule has 2 aromatic heterocycles. The number of aromatic carboxylic acids is 1. The summed E-state index contributed by atoms with van der Waals surface area (Å²) >= 11 is 1.23. The lowest BCUT2D eigenvalue weighted by atomic mass is 10.1. The Bertz CT molecular complexity index is 1070. The van der Waals surface area contributed by atoms with Crippen molar-refractivity contribution in [2.24, 2.45) is 5.92 Å². The van der Waals surface area contributed by atoms with Gasteiger partial charge < -0.3 is 26.2 Å². The van der Waals surface area contributed by atoms with E-state index in [9.17, 15) is 14.7 Å². The van der Waals surface area contributed by atoms with E-state index in [0.717, 1.165) is 0 Å². The predicted octanol–water partition coefficient (Wildman–Crippen LogP) is 2.48. The fourth-order valence-electron chi connectivity index (χ4n) is 2.69. The number of carboxylic acids is 1. The van der Waals surface area contributed by atoms with Gasteiger partial charge in [-0.15, -0.1) is 0 Å². The zero-order valence-corrected chi connectivity index (χ0v) is 16.5. The monoisotopic (exact) mass is 416 g/mol. The maximum absolute atomic E-state index is 12.9. The van der Waals surface area contributed by atoms with Gasteiger partial charge in [0.2, 0.25) is 11.9 Å². The van der Waals surface area contributed by atoms with E-state index in [0.29, 0.717) is 22.6 Å². The number of carboxylic acid groups (broad SMARTS) is 1. The minimum Gasteiger partial charge on any atom is -0.507 e. The number of imidazole rings is 1. The molecule has 29 heavy (non-hydrogen) atoms. The summed E-state index contributed by atoms with van der Waals surface area (Å²) in [6.45, 7) is 3.98. The van der Waals surface area contributed by atoms with Crippen molar-refractivity contribution in [1.82, 2.24) is 19.9 Å². The molecule has 3 rings (SSSR count). The number of phenols is 1. The van der Waals surface area contributed by atoms with Crippen LogP contribution in [0.1, 0.15) is 30.6 Å². The van der Waals surface area contributed by atoms with Gasteiger partial charge in [0.15, 0.2) is 5.65 Å². The van der Waals surface area contributed by atoms with E-state index in [2.05, 4.69) is 25.3 Å². The molecule has 11 heteroatoms. The van der Waals surface area contributed by atoms with Gasteiger partial charge in [-0.05, 0) is 30.5 Å². The van der Waals surface area contributed by atoms with Crippen molar-refractivity contribution in [2.45, 2.75) is 30.5 Å². The van der Waals surface area contributed by atoms with Crippen LogP contribution < -0.4 is 11.1 Å². The Morgan fingerprint density at radius 3 is 2.76 bits per heavy atom. The molecule has 1 amide bonds. The Morgan fingerprint density at radius 1 is 1.31 bits per heavy atom. The summed E-state index contributed by atoms with van der Waals surface area (Å²) in [5.74, 6) is -1.72. The van der Waals surface area contributed by atoms with Gasteiger partial charge in [0, 0.05) is 5.69 Å². The molecule has 0 unspecified atom stereocenters. The van der Waals surface area contributed by atoms with Gasteiger partial charge in [-0.1, -0.05) is 25.6 Å². The number of hydrogen-bond acceptors (Lipinski definition) is 8. The molecule has 0 saturated heterocycles. The molecule has 1 aromatic carbocycles. The maximum atomic E-state index is 12.9. The second-order valence-corrected chi connectivity index (χ2v) is 7.94. The molecule has 0 radical (unpaired) electrons. The third-order valence-corrected chi connectivity index (χ3v) is 5.21. The fraction of sp³-hybridized carbons (Fsp3) is 0.278. The quantitative estimate of drug-likeness (QED) is 0.221. The molecule has 0 fully saturated rings. The predicted molar refractivity (Wildman–Crippen MR) is 109 cm³/mol. The number of hydrogen-bond donors (Lipinski definition) is 5. The molecule has 0 aliphatic carbocycles. The van der Waals surface area contributed by atoms with Crippen molar-refractivity contribution >= 4 is 46.4 Å². The van der Waals surface area contributed by atoms with Crippen LogP contribution in [0.5, 0.6) is 5.75 Å². The van der Waals surface area contributed by atoms with Crippen LogP contribution >= 0.6 is 11.8 Å². The van der Waals surface area contributed by atoms with Crippen molar-refractivity contribution in [3.63, 3.8) is 0 Å². The average Bonchev–Trinajstić information content (AvgIpc) is 3.10. The lowest BCUT2D eigenvalue weighted by Crippen LogP contribution is -2.27. The van der Waals surface area contributed by atoms with Gasteiger partial charge >= 0.3 is 5.97 Å². The van der Waals surface area contributed by atoms with E-state index in [1.165, 1.54) is 36.3 Å². The highest BCUT2D eigenvalue weighted by Gasteiger charge is 2.24. The summed E-state index contributed by atoms with van der Waals surface area (Å²) in [5.41, 5.74) is 6.73. The standard InChI is InChI=1S/C18H20N6O4S/c1-8(2)5-12(29-16-13-14(21-7-20-13)23-18(19)24-16)15(26)22-9-3-4-11(25)10(6-9)17(27)28/h3-4,6-8,12,25H,5H2,1-2H3,(H,22,26)(H,27,28)(H3,19,20,21,23,24)/t12-/m1/s1. The average molecular weight is 416 g/mol. The van der Waals surface area contributed by atoms with Gasteiger partial charge in [0.05, 0.1) is 11.6 Å². The largest absolute Gasteiger partial charge is 0.507 e. The number of carbonyl (C=O) groups excluding carboxylic acids is 1. The van der Waals surface area contributed by atoms with Gasteiger partial charge in [-0.25, -0.2) is 14.8 Å². The summed E-state index contributed by atoms with van der Waals surface area (Å²) in [4.78, 5) is 39.4. The van der Waals surface area contributed by atoms with Crippen molar-refractivity contribution in [3.05, 3.63) is 30.1 Å². The summed E-state index contributed by atoms with van der Waals surface area (Å²) in [6, 6.07) is 3.87. The van der Waals surface area contributed by atoms with Crippen LogP contribution in [0.4, 0.5) is 11.6 Å². The van der Waals surface area contributed by atoms with E-state index in [1.807, 2.05) is 13.8 Å². The van der Waals surface area contributed by atoms with E-state index in [4.69, 9.17) is 10.8 Å². The number of carbonyl (C=O) groups is 2. The number of nitrogen functional groups attached to an aromatic ring is 1. The van der Waals surface area contributed by atoms with Crippen LogP contribution in [0, 0.1) is 5.92 Å². The molecular formula is C18H20N6O4S. The number of aromatic nitrogens is 4. The topological polar surface area (TPSA) is 167 Å². The van der Waals surface area contributed by atoms with Crippen molar-refractivity contribution in [1.29, 1.82) is 0 Å². The van der Waals surface area contributed by atoms with E-state index >= 15 is 0 Å². The Kier molecular flexibility index (Phi) is 5.87. The number of H-pyrrole nitrogens is 1. The van der Waals surface area contributed by atoms with E-state index in [-0.39, 0.29) is 34.8 Å². The minimum atomic E-state index is -1.29. The number of nitrogens with zero attached hydrogens (tertiary/aromatic N) is 3. The van der Waals surface area contributed by atoms with Gasteiger partial charge in [0.1, 0.15) is 21.9 Å². The number of fused-ring (bicyclic) bond motifs is 1. The van der Waals surface area contributed by atoms with Crippen molar-refractivity contribution in [2.75, 3.05) is 11.1 Å². The molecule has 0 saturated carbocycles. The second kappa shape index (κ2) is 8.35. The minimum absolute atomic E-state index is 0.0560. The Hall–Kier alpha value is -3.34. The van der Waals surface area contributed by atoms with Crippen LogP contribution in [-0.2, 0) is 4.79 Å². The number of rotatable bonds is 7. The zero-order chi connectivity index (χ0) is 21.1. The third-order valence-electron chi connectivity index (χ3n) is 4.00. The third kappa shape index (κ3) is 4.74.